The lowest BCUT2D eigenvalue weighted by atomic mass is 10.2. The lowest BCUT2D eigenvalue weighted by Gasteiger charge is -2.22. The van der Waals surface area contributed by atoms with Gasteiger partial charge in [0, 0.05) is 13.6 Å². The lowest BCUT2D eigenvalue weighted by Crippen LogP contribution is -2.33. The second-order valence-electron chi connectivity index (χ2n) is 3.65. The number of rotatable bonds is 3. The number of nitrogens with one attached hydrogen (secondary N) is 1. The van der Waals surface area contributed by atoms with Crippen LogP contribution in [-0.2, 0) is 0 Å². The zero-order chi connectivity index (χ0) is 11.5. The fourth-order valence-corrected chi connectivity index (χ4v) is 2.02. The fraction of sp³-hybridized carbons (Fsp3) is 0.667. The van der Waals surface area contributed by atoms with Crippen LogP contribution in [0.4, 0.5) is 11.9 Å². The van der Waals surface area contributed by atoms with E-state index in [9.17, 15) is 5.11 Å². The van der Waals surface area contributed by atoms with Crippen molar-refractivity contribution in [3.05, 3.63) is 5.28 Å². The van der Waals surface area contributed by atoms with Crippen LogP contribution in [0.25, 0.3) is 0 Å². The SMILES string of the molecule is CNc1nc(Cl)nc(N2CCCC2CO)n1. The largest absolute Gasteiger partial charge is 0.394 e. The smallest absolute Gasteiger partial charge is 0.231 e. The molecule has 0 spiro atoms. The van der Waals surface area contributed by atoms with Crippen molar-refractivity contribution in [1.82, 2.24) is 15.0 Å². The van der Waals surface area contributed by atoms with Crippen molar-refractivity contribution in [1.29, 1.82) is 0 Å². The molecule has 16 heavy (non-hydrogen) atoms. The van der Waals surface area contributed by atoms with Gasteiger partial charge in [-0.2, -0.15) is 15.0 Å². The van der Waals surface area contributed by atoms with Crippen molar-refractivity contribution in [2.45, 2.75) is 18.9 Å². The third-order valence-electron chi connectivity index (χ3n) is 2.66. The minimum absolute atomic E-state index is 0.0863. The van der Waals surface area contributed by atoms with E-state index in [1.807, 2.05) is 4.90 Å². The Bertz CT molecular complexity index is 375. The van der Waals surface area contributed by atoms with Gasteiger partial charge in [0.1, 0.15) is 0 Å². The monoisotopic (exact) mass is 243 g/mol. The molecule has 1 aromatic rings. The van der Waals surface area contributed by atoms with E-state index in [0.29, 0.717) is 11.9 Å². The number of aliphatic hydroxyl groups is 1. The van der Waals surface area contributed by atoms with Gasteiger partial charge in [-0.05, 0) is 24.4 Å². The first-order chi connectivity index (χ1) is 7.74. The van der Waals surface area contributed by atoms with E-state index in [4.69, 9.17) is 11.6 Å². The zero-order valence-electron chi connectivity index (χ0n) is 9.02. The van der Waals surface area contributed by atoms with Gasteiger partial charge in [-0.3, -0.25) is 0 Å². The number of anilines is 2. The first-order valence-corrected chi connectivity index (χ1v) is 5.59. The molecule has 0 radical (unpaired) electrons. The van der Waals surface area contributed by atoms with E-state index >= 15 is 0 Å². The number of hydrogen-bond acceptors (Lipinski definition) is 6. The molecule has 1 atom stereocenters. The molecule has 1 aromatic heterocycles. The summed E-state index contributed by atoms with van der Waals surface area (Å²) in [6.45, 7) is 0.951. The number of nitrogens with zero attached hydrogens (tertiary/aromatic N) is 4. The van der Waals surface area contributed by atoms with Gasteiger partial charge in [0.15, 0.2) is 0 Å². The molecule has 2 heterocycles. The summed E-state index contributed by atoms with van der Waals surface area (Å²) in [6.07, 6.45) is 1.98. The Morgan fingerprint density at radius 3 is 3.00 bits per heavy atom. The van der Waals surface area contributed by atoms with Gasteiger partial charge in [0.25, 0.3) is 0 Å². The average Bonchev–Trinajstić information content (AvgIpc) is 2.76. The maximum absolute atomic E-state index is 9.23. The van der Waals surface area contributed by atoms with Crippen molar-refractivity contribution >= 4 is 23.5 Å². The maximum atomic E-state index is 9.23. The standard InChI is InChI=1S/C9H14ClN5O/c1-11-8-12-7(10)13-9(14-8)15-4-2-3-6(15)5-16/h6,16H,2-5H2,1H3,(H,11,12,13,14). The first-order valence-electron chi connectivity index (χ1n) is 5.21. The van der Waals surface area contributed by atoms with E-state index in [-0.39, 0.29) is 17.9 Å². The molecule has 0 aliphatic carbocycles. The van der Waals surface area contributed by atoms with Crippen LogP contribution in [0.15, 0.2) is 0 Å². The van der Waals surface area contributed by atoms with Gasteiger partial charge in [-0.1, -0.05) is 0 Å². The van der Waals surface area contributed by atoms with Crippen molar-refractivity contribution in [3.63, 3.8) is 0 Å². The van der Waals surface area contributed by atoms with Crippen LogP contribution in [0.2, 0.25) is 5.28 Å². The quantitative estimate of drug-likeness (QED) is 0.807. The van der Waals surface area contributed by atoms with E-state index < -0.39 is 0 Å². The third kappa shape index (κ3) is 2.17. The van der Waals surface area contributed by atoms with Crippen molar-refractivity contribution in [2.75, 3.05) is 30.4 Å². The van der Waals surface area contributed by atoms with Crippen LogP contribution in [0, 0.1) is 0 Å². The van der Waals surface area contributed by atoms with Crippen LogP contribution in [0.3, 0.4) is 0 Å². The summed E-state index contributed by atoms with van der Waals surface area (Å²) in [5.41, 5.74) is 0. The van der Waals surface area contributed by atoms with Crippen LogP contribution in [0.1, 0.15) is 12.8 Å². The number of hydrogen-bond donors (Lipinski definition) is 2. The number of halogens is 1. The fourth-order valence-electron chi connectivity index (χ4n) is 1.87. The minimum atomic E-state index is 0.0863. The molecule has 1 saturated heterocycles. The molecular formula is C9H14ClN5O. The van der Waals surface area contributed by atoms with Gasteiger partial charge < -0.3 is 15.3 Å². The second kappa shape index (κ2) is 4.80. The highest BCUT2D eigenvalue weighted by Gasteiger charge is 2.26. The van der Waals surface area contributed by atoms with Crippen LogP contribution in [0.5, 0.6) is 0 Å². The summed E-state index contributed by atoms with van der Waals surface area (Å²) >= 11 is 5.81. The minimum Gasteiger partial charge on any atom is -0.394 e. The highest BCUT2D eigenvalue weighted by Crippen LogP contribution is 2.23. The molecule has 1 unspecified atom stereocenters. The third-order valence-corrected chi connectivity index (χ3v) is 2.83. The number of aliphatic hydroxyl groups excluding tert-OH is 1. The van der Waals surface area contributed by atoms with Crippen molar-refractivity contribution in [2.24, 2.45) is 0 Å². The van der Waals surface area contributed by atoms with Crippen LogP contribution < -0.4 is 10.2 Å². The Labute approximate surface area is 98.7 Å². The molecule has 88 valence electrons. The molecule has 0 bridgehead atoms. The Kier molecular flexibility index (Phi) is 3.40. The van der Waals surface area contributed by atoms with E-state index in [1.54, 1.807) is 7.05 Å². The summed E-state index contributed by atoms with van der Waals surface area (Å²) in [5, 5.41) is 12.2. The van der Waals surface area contributed by atoms with Gasteiger partial charge in [-0.15, -0.1) is 0 Å². The number of aromatic nitrogens is 3. The molecular weight excluding hydrogens is 230 g/mol. The van der Waals surface area contributed by atoms with Gasteiger partial charge >= 0.3 is 0 Å². The first kappa shape index (κ1) is 11.3. The van der Waals surface area contributed by atoms with Gasteiger partial charge in [0.05, 0.1) is 12.6 Å². The summed E-state index contributed by atoms with van der Waals surface area (Å²) in [6, 6.07) is 0.0863. The molecule has 1 fully saturated rings. The summed E-state index contributed by atoms with van der Waals surface area (Å²) in [4.78, 5) is 14.2. The molecule has 0 saturated carbocycles. The molecule has 0 amide bonds. The Morgan fingerprint density at radius 2 is 2.31 bits per heavy atom. The zero-order valence-corrected chi connectivity index (χ0v) is 9.78. The van der Waals surface area contributed by atoms with E-state index in [1.165, 1.54) is 0 Å². The van der Waals surface area contributed by atoms with Gasteiger partial charge in [0.2, 0.25) is 17.2 Å². The summed E-state index contributed by atoms with van der Waals surface area (Å²) in [7, 11) is 1.73. The molecule has 0 aromatic carbocycles. The normalized spacial score (nSPS) is 20.2. The predicted molar refractivity (Wildman–Crippen MR) is 61.8 cm³/mol. The molecule has 2 rings (SSSR count). The summed E-state index contributed by atoms with van der Waals surface area (Å²) < 4.78 is 0. The Hall–Kier alpha value is -1.14. The maximum Gasteiger partial charge on any atom is 0.231 e. The second-order valence-corrected chi connectivity index (χ2v) is 3.99. The lowest BCUT2D eigenvalue weighted by molar-refractivity contribution is 0.265. The van der Waals surface area contributed by atoms with E-state index in [0.717, 1.165) is 19.4 Å². The molecule has 6 nitrogen and oxygen atoms in total. The van der Waals surface area contributed by atoms with Crippen LogP contribution >= 0.6 is 11.6 Å². The topological polar surface area (TPSA) is 74.2 Å². The highest BCUT2D eigenvalue weighted by molar-refractivity contribution is 6.28. The molecule has 1 aliphatic heterocycles. The molecule has 2 N–H and O–H groups in total. The van der Waals surface area contributed by atoms with Crippen molar-refractivity contribution in [3.8, 4) is 0 Å². The Morgan fingerprint density at radius 1 is 1.50 bits per heavy atom. The van der Waals surface area contributed by atoms with Crippen molar-refractivity contribution < 1.29 is 5.11 Å². The Balaban J connectivity index is 2.28. The predicted octanol–water partition coefficient (Wildman–Crippen LogP) is 0.528. The van der Waals surface area contributed by atoms with Gasteiger partial charge in [-0.25, -0.2) is 0 Å². The highest BCUT2D eigenvalue weighted by atomic mass is 35.5. The molecule has 7 heteroatoms. The molecule has 1 aliphatic rings. The van der Waals surface area contributed by atoms with E-state index in [2.05, 4.69) is 20.3 Å². The van der Waals surface area contributed by atoms with Crippen LogP contribution in [-0.4, -0.2) is 46.3 Å². The average molecular weight is 244 g/mol. The summed E-state index contributed by atoms with van der Waals surface area (Å²) in [5.74, 6) is 0.972.